The summed E-state index contributed by atoms with van der Waals surface area (Å²) in [6, 6.07) is 18.4. The molecule has 0 aliphatic carbocycles. The first-order chi connectivity index (χ1) is 10.3. The lowest BCUT2D eigenvalue weighted by Crippen LogP contribution is -1.98. The Balaban J connectivity index is 1.92. The Morgan fingerprint density at radius 2 is 1.71 bits per heavy atom. The molecule has 0 spiro atoms. The van der Waals surface area contributed by atoms with Crippen molar-refractivity contribution < 1.29 is 0 Å². The third kappa shape index (κ3) is 2.08. The van der Waals surface area contributed by atoms with E-state index in [0.717, 1.165) is 32.6 Å². The van der Waals surface area contributed by atoms with Crippen molar-refractivity contribution in [3.05, 3.63) is 65.9 Å². The average molecular weight is 291 g/mol. The second-order valence-electron chi connectivity index (χ2n) is 4.88. The number of hydrogen-bond donors (Lipinski definition) is 0. The Labute approximate surface area is 127 Å². The molecule has 3 nitrogen and oxygen atoms in total. The fourth-order valence-electron chi connectivity index (χ4n) is 2.40. The van der Waals surface area contributed by atoms with Gasteiger partial charge < -0.3 is 0 Å². The van der Waals surface area contributed by atoms with Crippen molar-refractivity contribution in [2.75, 3.05) is 0 Å². The van der Waals surface area contributed by atoms with E-state index in [2.05, 4.69) is 28.3 Å². The van der Waals surface area contributed by atoms with Gasteiger partial charge in [0.15, 0.2) is 0 Å². The van der Waals surface area contributed by atoms with Crippen LogP contribution in [0, 0.1) is 6.92 Å². The number of hydrogen-bond acceptors (Lipinski definition) is 3. The van der Waals surface area contributed by atoms with Crippen molar-refractivity contribution in [1.82, 2.24) is 9.78 Å². The van der Waals surface area contributed by atoms with Crippen LogP contribution in [0.5, 0.6) is 0 Å². The van der Waals surface area contributed by atoms with E-state index in [-0.39, 0.29) is 0 Å². The predicted molar refractivity (Wildman–Crippen MR) is 86.1 cm³/mol. The van der Waals surface area contributed by atoms with Gasteiger partial charge in [0.25, 0.3) is 0 Å². The molecule has 1 aromatic heterocycles. The Bertz CT molecular complexity index is 834. The molecule has 4 heteroatoms. The third-order valence-corrected chi connectivity index (χ3v) is 4.62. The molecule has 21 heavy (non-hydrogen) atoms. The summed E-state index contributed by atoms with van der Waals surface area (Å²) in [7, 11) is 0. The second-order valence-corrected chi connectivity index (χ2v) is 5.91. The maximum atomic E-state index is 4.68. The van der Waals surface area contributed by atoms with Gasteiger partial charge in [-0.05, 0) is 31.2 Å². The zero-order valence-electron chi connectivity index (χ0n) is 11.5. The first-order valence-electron chi connectivity index (χ1n) is 6.79. The molecule has 0 unspecified atom stereocenters. The fraction of sp³-hybridized carbons (Fsp3) is 0.0588. The quantitative estimate of drug-likeness (QED) is 0.520. The molecule has 1 aliphatic rings. The summed E-state index contributed by atoms with van der Waals surface area (Å²) >= 11 is 1.72. The van der Waals surface area contributed by atoms with Gasteiger partial charge in [-0.2, -0.15) is 5.10 Å². The van der Waals surface area contributed by atoms with E-state index in [9.17, 15) is 0 Å². The average Bonchev–Trinajstić information content (AvgIpc) is 2.72. The zero-order valence-corrected chi connectivity index (χ0v) is 12.3. The maximum absolute atomic E-state index is 4.68. The van der Waals surface area contributed by atoms with Crippen LogP contribution >= 0.6 is 11.8 Å². The highest BCUT2D eigenvalue weighted by Crippen LogP contribution is 2.40. The molecule has 0 N–H and O–H groups in total. The molecule has 1 aliphatic heterocycles. The molecular weight excluding hydrogens is 278 g/mol. The molecule has 0 atom stereocenters. The van der Waals surface area contributed by atoms with Crippen LogP contribution in [-0.4, -0.2) is 16.0 Å². The number of aliphatic imine (C=N–C) groups is 1. The summed E-state index contributed by atoms with van der Waals surface area (Å²) in [5.74, 6) is 0. The van der Waals surface area contributed by atoms with Crippen molar-refractivity contribution in [3.63, 3.8) is 0 Å². The largest absolute Gasteiger partial charge is 0.255 e. The Kier molecular flexibility index (Phi) is 2.89. The molecule has 0 bridgehead atoms. The topological polar surface area (TPSA) is 30.2 Å². The highest BCUT2D eigenvalue weighted by atomic mass is 32.2. The van der Waals surface area contributed by atoms with Gasteiger partial charge in [-0.25, -0.2) is 4.68 Å². The van der Waals surface area contributed by atoms with Crippen LogP contribution in [0.4, 0.5) is 5.69 Å². The van der Waals surface area contributed by atoms with Crippen molar-refractivity contribution >= 4 is 23.7 Å². The lowest BCUT2D eigenvalue weighted by atomic mass is 10.3. The summed E-state index contributed by atoms with van der Waals surface area (Å²) in [5, 5.41) is 5.80. The zero-order chi connectivity index (χ0) is 14.2. The van der Waals surface area contributed by atoms with Crippen molar-refractivity contribution in [2.24, 2.45) is 4.99 Å². The number of fused-ring (bicyclic) bond motifs is 2. The normalized spacial score (nSPS) is 12.6. The van der Waals surface area contributed by atoms with Crippen LogP contribution in [0.25, 0.3) is 5.69 Å². The van der Waals surface area contributed by atoms with E-state index in [0.29, 0.717) is 0 Å². The van der Waals surface area contributed by atoms with Gasteiger partial charge in [-0.1, -0.05) is 42.1 Å². The van der Waals surface area contributed by atoms with E-state index in [1.807, 2.05) is 54.2 Å². The molecule has 3 aromatic rings. The lowest BCUT2D eigenvalue weighted by Gasteiger charge is -2.07. The first kappa shape index (κ1) is 12.4. The van der Waals surface area contributed by atoms with E-state index in [1.54, 1.807) is 11.8 Å². The molecular formula is C17H13N3S. The predicted octanol–water partition coefficient (Wildman–Crippen LogP) is 4.40. The van der Waals surface area contributed by atoms with Crippen LogP contribution in [0.15, 0.2) is 69.5 Å². The monoisotopic (exact) mass is 291 g/mol. The molecule has 2 heterocycles. The molecule has 0 amide bonds. The number of aryl methyl sites for hydroxylation is 1. The van der Waals surface area contributed by atoms with Gasteiger partial charge in [-0.15, -0.1) is 0 Å². The van der Waals surface area contributed by atoms with Crippen LogP contribution in [0.1, 0.15) is 11.3 Å². The Morgan fingerprint density at radius 1 is 0.952 bits per heavy atom. The van der Waals surface area contributed by atoms with Crippen molar-refractivity contribution in [3.8, 4) is 5.69 Å². The lowest BCUT2D eigenvalue weighted by molar-refractivity contribution is 0.794. The number of para-hydroxylation sites is 2. The summed E-state index contributed by atoms with van der Waals surface area (Å²) in [6.45, 7) is 2.03. The number of rotatable bonds is 1. The van der Waals surface area contributed by atoms with E-state index in [4.69, 9.17) is 0 Å². The first-order valence-corrected chi connectivity index (χ1v) is 7.60. The third-order valence-electron chi connectivity index (χ3n) is 3.47. The molecule has 102 valence electrons. The maximum Gasteiger partial charge on any atom is 0.114 e. The minimum atomic E-state index is 0.998. The van der Waals surface area contributed by atoms with Gasteiger partial charge >= 0.3 is 0 Å². The summed E-state index contributed by atoms with van der Waals surface area (Å²) in [4.78, 5) is 5.75. The molecule has 4 rings (SSSR count). The van der Waals surface area contributed by atoms with E-state index in [1.165, 1.54) is 0 Å². The Morgan fingerprint density at radius 3 is 2.57 bits per heavy atom. The van der Waals surface area contributed by atoms with Gasteiger partial charge in [0.1, 0.15) is 5.03 Å². The van der Waals surface area contributed by atoms with Gasteiger partial charge in [0.2, 0.25) is 0 Å². The standard InChI is InChI=1S/C17H13N3S/c1-12-14-11-18-15-9-5-6-10-16(15)21-17(14)20(19-12)13-7-3-2-4-8-13/h2-11H,1H3. The highest BCUT2D eigenvalue weighted by molar-refractivity contribution is 7.99. The number of benzene rings is 2. The molecule has 0 saturated heterocycles. The molecule has 2 aromatic carbocycles. The van der Waals surface area contributed by atoms with Gasteiger partial charge in [-0.3, -0.25) is 4.99 Å². The van der Waals surface area contributed by atoms with Gasteiger partial charge in [0.05, 0.1) is 17.1 Å². The van der Waals surface area contributed by atoms with E-state index >= 15 is 0 Å². The second kappa shape index (κ2) is 4.90. The van der Waals surface area contributed by atoms with Crippen LogP contribution < -0.4 is 0 Å². The highest BCUT2D eigenvalue weighted by Gasteiger charge is 2.19. The van der Waals surface area contributed by atoms with Crippen LogP contribution in [-0.2, 0) is 0 Å². The SMILES string of the molecule is Cc1nn(-c2ccccc2)c2c1C=Nc1ccccc1S2. The summed E-state index contributed by atoms with van der Waals surface area (Å²) < 4.78 is 2.00. The minimum absolute atomic E-state index is 0.998. The smallest absolute Gasteiger partial charge is 0.114 e. The van der Waals surface area contributed by atoms with Crippen LogP contribution in [0.2, 0.25) is 0 Å². The minimum Gasteiger partial charge on any atom is -0.255 e. The molecule has 0 radical (unpaired) electrons. The Hall–Kier alpha value is -2.33. The molecule has 0 fully saturated rings. The van der Waals surface area contributed by atoms with Crippen molar-refractivity contribution in [1.29, 1.82) is 0 Å². The summed E-state index contributed by atoms with van der Waals surface area (Å²) in [5.41, 5.74) is 4.18. The van der Waals surface area contributed by atoms with Gasteiger partial charge in [0, 0.05) is 16.7 Å². The number of nitrogens with zero attached hydrogens (tertiary/aromatic N) is 3. The van der Waals surface area contributed by atoms with Crippen LogP contribution in [0.3, 0.4) is 0 Å². The van der Waals surface area contributed by atoms with Crippen molar-refractivity contribution in [2.45, 2.75) is 16.8 Å². The number of aromatic nitrogens is 2. The fourth-order valence-corrected chi connectivity index (χ4v) is 3.52. The van der Waals surface area contributed by atoms with E-state index < -0.39 is 0 Å². The summed E-state index contributed by atoms with van der Waals surface area (Å²) in [6.07, 6.45) is 1.93. The molecule has 0 saturated carbocycles.